The van der Waals surface area contributed by atoms with Crippen LogP contribution in [0.3, 0.4) is 0 Å². The zero-order valence-electron chi connectivity index (χ0n) is 10.9. The molecule has 0 saturated heterocycles. The number of nitrogens with zero attached hydrogens (tertiary/aromatic N) is 3. The summed E-state index contributed by atoms with van der Waals surface area (Å²) in [6.07, 6.45) is 3.49. The Morgan fingerprint density at radius 3 is 2.90 bits per heavy atom. The number of anilines is 1. The molecule has 0 aliphatic rings. The van der Waals surface area contributed by atoms with Crippen LogP contribution in [0.5, 0.6) is 0 Å². The first-order valence-corrected chi connectivity index (χ1v) is 6.08. The van der Waals surface area contributed by atoms with Crippen LogP contribution in [0.15, 0.2) is 36.7 Å². The van der Waals surface area contributed by atoms with Gasteiger partial charge in [-0.05, 0) is 25.1 Å². The molecule has 7 heteroatoms. The summed E-state index contributed by atoms with van der Waals surface area (Å²) < 4.78 is 1.72. The van der Waals surface area contributed by atoms with Gasteiger partial charge in [0, 0.05) is 30.6 Å². The van der Waals surface area contributed by atoms with Crippen LogP contribution in [0.2, 0.25) is 0 Å². The van der Waals surface area contributed by atoms with Crippen molar-refractivity contribution in [2.75, 3.05) is 11.9 Å². The highest BCUT2D eigenvalue weighted by molar-refractivity contribution is 5.95. The normalized spacial score (nSPS) is 10.2. The van der Waals surface area contributed by atoms with Gasteiger partial charge in [-0.1, -0.05) is 0 Å². The first kappa shape index (κ1) is 13.7. The zero-order valence-corrected chi connectivity index (χ0v) is 10.9. The molecule has 2 aromatic rings. The number of carbonyl (C=O) groups is 1. The molecule has 0 amide bonds. The fourth-order valence-corrected chi connectivity index (χ4v) is 1.79. The molecular formula is C13H14N4O3. The quantitative estimate of drug-likeness (QED) is 0.495. The predicted molar refractivity (Wildman–Crippen MR) is 73.8 cm³/mol. The molecule has 1 aromatic carbocycles. The lowest BCUT2D eigenvalue weighted by molar-refractivity contribution is -0.384. The molecule has 1 aromatic heterocycles. The van der Waals surface area contributed by atoms with E-state index in [-0.39, 0.29) is 11.5 Å². The van der Waals surface area contributed by atoms with Crippen molar-refractivity contribution in [3.8, 4) is 0 Å². The Bertz CT molecular complexity index is 623. The molecule has 1 N–H and O–H groups in total. The highest BCUT2D eigenvalue weighted by Gasteiger charge is 2.15. The van der Waals surface area contributed by atoms with E-state index in [0.29, 0.717) is 24.3 Å². The summed E-state index contributed by atoms with van der Waals surface area (Å²) in [5.41, 5.74) is 0.625. The molecule has 0 radical (unpaired) electrons. The lowest BCUT2D eigenvalue weighted by Crippen LogP contribution is -2.12. The van der Waals surface area contributed by atoms with Gasteiger partial charge in [0.1, 0.15) is 5.69 Å². The molecule has 0 aliphatic carbocycles. The number of carbonyl (C=O) groups excluding carboxylic acids is 1. The van der Waals surface area contributed by atoms with Gasteiger partial charge >= 0.3 is 0 Å². The van der Waals surface area contributed by atoms with Gasteiger partial charge in [-0.15, -0.1) is 0 Å². The third-order valence-electron chi connectivity index (χ3n) is 2.82. The van der Waals surface area contributed by atoms with Crippen molar-refractivity contribution in [1.29, 1.82) is 0 Å². The van der Waals surface area contributed by atoms with Gasteiger partial charge < -0.3 is 5.32 Å². The molecular weight excluding hydrogens is 260 g/mol. The zero-order chi connectivity index (χ0) is 14.5. The van der Waals surface area contributed by atoms with Crippen molar-refractivity contribution >= 4 is 17.2 Å². The van der Waals surface area contributed by atoms with Gasteiger partial charge in [-0.2, -0.15) is 5.10 Å². The van der Waals surface area contributed by atoms with E-state index in [1.807, 2.05) is 12.3 Å². The second kappa shape index (κ2) is 5.96. The summed E-state index contributed by atoms with van der Waals surface area (Å²) in [5.74, 6) is -0.198. The lowest BCUT2D eigenvalue weighted by atomic mass is 10.1. The number of aromatic nitrogens is 2. The summed E-state index contributed by atoms with van der Waals surface area (Å²) in [5, 5.41) is 18.1. The van der Waals surface area contributed by atoms with E-state index in [0.717, 1.165) is 0 Å². The summed E-state index contributed by atoms with van der Waals surface area (Å²) in [4.78, 5) is 21.8. The summed E-state index contributed by atoms with van der Waals surface area (Å²) in [6.45, 7) is 2.48. The highest BCUT2D eigenvalue weighted by atomic mass is 16.6. The van der Waals surface area contributed by atoms with Crippen LogP contribution >= 0.6 is 0 Å². The number of hydrogen-bond acceptors (Lipinski definition) is 5. The van der Waals surface area contributed by atoms with Crippen LogP contribution in [-0.2, 0) is 6.54 Å². The van der Waals surface area contributed by atoms with E-state index in [4.69, 9.17) is 0 Å². The Hall–Kier alpha value is -2.70. The van der Waals surface area contributed by atoms with Gasteiger partial charge in [-0.25, -0.2) is 0 Å². The molecule has 2 rings (SSSR count). The third-order valence-corrected chi connectivity index (χ3v) is 2.82. The standard InChI is InChI=1S/C13H14N4O3/c1-10(18)11-3-4-12(13(9-11)17(19)20)14-6-8-16-7-2-5-15-16/h2-5,7,9,14H,6,8H2,1H3. The average molecular weight is 274 g/mol. The molecule has 0 unspecified atom stereocenters. The molecule has 7 nitrogen and oxygen atoms in total. The minimum atomic E-state index is -0.497. The Kier molecular flexibility index (Phi) is 4.09. The number of nitro groups is 1. The largest absolute Gasteiger partial charge is 0.378 e. The molecule has 0 spiro atoms. The molecule has 0 bridgehead atoms. The monoisotopic (exact) mass is 274 g/mol. The van der Waals surface area contributed by atoms with Gasteiger partial charge in [0.2, 0.25) is 0 Å². The van der Waals surface area contributed by atoms with E-state index in [2.05, 4.69) is 10.4 Å². The van der Waals surface area contributed by atoms with Crippen LogP contribution in [-0.4, -0.2) is 27.0 Å². The van der Waals surface area contributed by atoms with E-state index in [1.165, 1.54) is 13.0 Å². The number of nitro benzene ring substituents is 1. The molecule has 0 aliphatic heterocycles. The summed E-state index contributed by atoms with van der Waals surface area (Å²) >= 11 is 0. The van der Waals surface area contributed by atoms with Gasteiger partial charge in [-0.3, -0.25) is 19.6 Å². The third kappa shape index (κ3) is 3.19. The van der Waals surface area contributed by atoms with Crippen molar-refractivity contribution in [3.63, 3.8) is 0 Å². The van der Waals surface area contributed by atoms with Crippen molar-refractivity contribution in [1.82, 2.24) is 9.78 Å². The van der Waals surface area contributed by atoms with Crippen molar-refractivity contribution in [3.05, 3.63) is 52.3 Å². The smallest absolute Gasteiger partial charge is 0.293 e. The van der Waals surface area contributed by atoms with Crippen LogP contribution in [0.1, 0.15) is 17.3 Å². The molecule has 20 heavy (non-hydrogen) atoms. The SMILES string of the molecule is CC(=O)c1ccc(NCCn2cccn2)c([N+](=O)[O-])c1. The second-order valence-electron chi connectivity index (χ2n) is 4.24. The van der Waals surface area contributed by atoms with Gasteiger partial charge in [0.05, 0.1) is 11.5 Å². The molecule has 0 fully saturated rings. The van der Waals surface area contributed by atoms with E-state index in [9.17, 15) is 14.9 Å². The first-order valence-electron chi connectivity index (χ1n) is 6.08. The minimum absolute atomic E-state index is 0.0989. The number of Topliss-reactive ketones (excluding diaryl/α,β-unsaturated/α-hetero) is 1. The number of nitrogens with one attached hydrogen (secondary N) is 1. The fourth-order valence-electron chi connectivity index (χ4n) is 1.79. The van der Waals surface area contributed by atoms with E-state index < -0.39 is 4.92 Å². The number of benzene rings is 1. The van der Waals surface area contributed by atoms with E-state index in [1.54, 1.807) is 23.0 Å². The first-order chi connectivity index (χ1) is 9.58. The van der Waals surface area contributed by atoms with Crippen molar-refractivity contribution in [2.24, 2.45) is 0 Å². The Morgan fingerprint density at radius 1 is 1.50 bits per heavy atom. The molecule has 104 valence electrons. The molecule has 0 atom stereocenters. The van der Waals surface area contributed by atoms with Gasteiger partial charge in [0.25, 0.3) is 5.69 Å². The van der Waals surface area contributed by atoms with Gasteiger partial charge in [0.15, 0.2) is 5.78 Å². The van der Waals surface area contributed by atoms with Crippen molar-refractivity contribution < 1.29 is 9.72 Å². The van der Waals surface area contributed by atoms with Crippen LogP contribution in [0, 0.1) is 10.1 Å². The maximum absolute atomic E-state index is 11.2. The average Bonchev–Trinajstić information content (AvgIpc) is 2.91. The Labute approximate surface area is 115 Å². The molecule has 0 saturated carbocycles. The molecule has 1 heterocycles. The topological polar surface area (TPSA) is 90.1 Å². The van der Waals surface area contributed by atoms with Crippen LogP contribution in [0.4, 0.5) is 11.4 Å². The Balaban J connectivity index is 2.10. The summed E-state index contributed by atoms with van der Waals surface area (Å²) in [7, 11) is 0. The van der Waals surface area contributed by atoms with E-state index >= 15 is 0 Å². The number of hydrogen-bond donors (Lipinski definition) is 1. The minimum Gasteiger partial charge on any atom is -0.378 e. The summed E-state index contributed by atoms with van der Waals surface area (Å²) in [6, 6.07) is 6.23. The van der Waals surface area contributed by atoms with Crippen molar-refractivity contribution in [2.45, 2.75) is 13.5 Å². The maximum Gasteiger partial charge on any atom is 0.293 e. The second-order valence-corrected chi connectivity index (χ2v) is 4.24. The number of ketones is 1. The fraction of sp³-hybridized carbons (Fsp3) is 0.231. The Morgan fingerprint density at radius 2 is 2.30 bits per heavy atom. The predicted octanol–water partition coefficient (Wildman–Crippen LogP) is 2.11. The maximum atomic E-state index is 11.2. The van der Waals surface area contributed by atoms with Crippen LogP contribution in [0.25, 0.3) is 0 Å². The van der Waals surface area contributed by atoms with Crippen LogP contribution < -0.4 is 5.32 Å². The number of rotatable bonds is 6. The lowest BCUT2D eigenvalue weighted by Gasteiger charge is -2.08. The highest BCUT2D eigenvalue weighted by Crippen LogP contribution is 2.25.